The van der Waals surface area contributed by atoms with Crippen molar-refractivity contribution < 1.29 is 24.2 Å². The van der Waals surface area contributed by atoms with Crippen molar-refractivity contribution in [1.29, 1.82) is 0 Å². The van der Waals surface area contributed by atoms with E-state index in [1.54, 1.807) is 4.90 Å². The number of esters is 1. The van der Waals surface area contributed by atoms with Gasteiger partial charge in [-0.05, 0) is 46.0 Å². The summed E-state index contributed by atoms with van der Waals surface area (Å²) in [4.78, 5) is 25.9. The van der Waals surface area contributed by atoms with Crippen molar-refractivity contribution in [1.82, 2.24) is 4.90 Å². The van der Waals surface area contributed by atoms with Crippen molar-refractivity contribution in [3.8, 4) is 0 Å². The molecule has 1 N–H and O–H groups in total. The summed E-state index contributed by atoms with van der Waals surface area (Å²) in [5.74, 6) is -0.312. The van der Waals surface area contributed by atoms with Crippen LogP contribution in [0.4, 0.5) is 4.79 Å². The Balaban J connectivity index is 2.16. The van der Waals surface area contributed by atoms with Gasteiger partial charge >= 0.3 is 12.1 Å². The summed E-state index contributed by atoms with van der Waals surface area (Å²) in [6.45, 7) is 7.55. The van der Waals surface area contributed by atoms with Crippen LogP contribution in [0.25, 0.3) is 0 Å². The smallest absolute Gasteiger partial charge is 0.411 e. The van der Waals surface area contributed by atoms with Crippen LogP contribution in [0, 0.1) is 5.92 Å². The largest absolute Gasteiger partial charge is 0.467 e. The molecule has 0 aromatic rings. The lowest BCUT2D eigenvalue weighted by Gasteiger charge is -2.36. The van der Waals surface area contributed by atoms with E-state index in [0.717, 1.165) is 19.3 Å². The fourth-order valence-corrected chi connectivity index (χ4v) is 3.66. The molecule has 1 aliphatic heterocycles. The molecule has 1 saturated carbocycles. The van der Waals surface area contributed by atoms with Crippen molar-refractivity contribution >= 4 is 12.1 Å². The fraction of sp³-hybridized carbons (Fsp3) is 0.875. The lowest BCUT2D eigenvalue weighted by Crippen LogP contribution is -2.49. The number of aliphatic hydroxyl groups excluding tert-OH is 1. The molecule has 1 saturated heterocycles. The van der Waals surface area contributed by atoms with Gasteiger partial charge in [-0.15, -0.1) is 0 Å². The Hall–Kier alpha value is -1.30. The molecule has 1 amide bonds. The number of carbonyl (C=O) groups is 2. The van der Waals surface area contributed by atoms with Gasteiger partial charge in [-0.1, -0.05) is 6.92 Å². The number of rotatable bonds is 4. The highest BCUT2D eigenvalue weighted by Gasteiger charge is 2.67. The lowest BCUT2D eigenvalue weighted by molar-refractivity contribution is -0.151. The Morgan fingerprint density at radius 2 is 2.05 bits per heavy atom. The number of amides is 1. The highest BCUT2D eigenvalue weighted by atomic mass is 16.6. The Bertz CT molecular complexity index is 458. The summed E-state index contributed by atoms with van der Waals surface area (Å²) >= 11 is 0. The van der Waals surface area contributed by atoms with Crippen LogP contribution in [-0.2, 0) is 14.3 Å². The zero-order valence-corrected chi connectivity index (χ0v) is 14.1. The van der Waals surface area contributed by atoms with Crippen LogP contribution in [-0.4, -0.2) is 52.5 Å². The summed E-state index contributed by atoms with van der Waals surface area (Å²) in [5, 5.41) is 10.0. The van der Waals surface area contributed by atoms with Gasteiger partial charge in [-0.3, -0.25) is 4.90 Å². The van der Waals surface area contributed by atoms with Crippen LogP contribution in [0.5, 0.6) is 0 Å². The van der Waals surface area contributed by atoms with Gasteiger partial charge in [0.05, 0.1) is 12.6 Å². The van der Waals surface area contributed by atoms with Crippen LogP contribution in [0.3, 0.4) is 0 Å². The first-order valence-electron chi connectivity index (χ1n) is 7.93. The van der Waals surface area contributed by atoms with E-state index in [2.05, 4.69) is 4.74 Å². The molecule has 1 aliphatic carbocycles. The van der Waals surface area contributed by atoms with Crippen molar-refractivity contribution in [3.05, 3.63) is 0 Å². The number of nitrogens with zero attached hydrogens (tertiary/aromatic N) is 1. The maximum Gasteiger partial charge on any atom is 0.411 e. The maximum atomic E-state index is 12.6. The van der Waals surface area contributed by atoms with Crippen LogP contribution in [0.1, 0.15) is 53.4 Å². The molecular weight excluding hydrogens is 286 g/mol. The van der Waals surface area contributed by atoms with Gasteiger partial charge in [-0.2, -0.15) is 0 Å². The van der Waals surface area contributed by atoms with Gasteiger partial charge in [0, 0.05) is 12.5 Å². The minimum atomic E-state index is -1.20. The van der Waals surface area contributed by atoms with Crippen molar-refractivity contribution in [2.24, 2.45) is 5.92 Å². The zero-order valence-electron chi connectivity index (χ0n) is 14.1. The third-order valence-electron chi connectivity index (χ3n) is 4.68. The first-order valence-corrected chi connectivity index (χ1v) is 7.93. The molecule has 1 heterocycles. The van der Waals surface area contributed by atoms with Crippen molar-refractivity contribution in [2.75, 3.05) is 7.11 Å². The Kier molecular flexibility index (Phi) is 4.44. The molecule has 0 unspecified atom stereocenters. The molecular formula is C16H27NO5. The van der Waals surface area contributed by atoms with Crippen LogP contribution >= 0.6 is 0 Å². The number of fused-ring (bicyclic) bond motifs is 1. The van der Waals surface area contributed by atoms with Gasteiger partial charge < -0.3 is 14.6 Å². The number of likely N-dealkylation sites (tertiary alicyclic amines) is 1. The minimum absolute atomic E-state index is 0.110. The number of carbonyl (C=O) groups excluding carboxylic acids is 2. The number of hydrogen-bond donors (Lipinski definition) is 1. The molecule has 0 spiro atoms. The van der Waals surface area contributed by atoms with Crippen molar-refractivity contribution in [2.45, 2.75) is 76.7 Å². The summed E-state index contributed by atoms with van der Waals surface area (Å²) in [5.41, 5.74) is -1.01. The highest BCUT2D eigenvalue weighted by Crippen LogP contribution is 2.61. The van der Waals surface area contributed by atoms with E-state index in [9.17, 15) is 14.7 Å². The number of hydrogen-bond acceptors (Lipinski definition) is 5. The van der Waals surface area contributed by atoms with Crippen LogP contribution in [0.15, 0.2) is 0 Å². The van der Waals surface area contributed by atoms with E-state index < -0.39 is 23.2 Å². The average molecular weight is 313 g/mol. The second-order valence-corrected chi connectivity index (χ2v) is 7.40. The number of piperidine rings is 1. The molecule has 0 radical (unpaired) electrons. The third-order valence-corrected chi connectivity index (χ3v) is 4.68. The normalized spacial score (nSPS) is 31.5. The molecule has 126 valence electrons. The molecule has 4 atom stereocenters. The Labute approximate surface area is 131 Å². The summed E-state index contributed by atoms with van der Waals surface area (Å²) < 4.78 is 10.1. The summed E-state index contributed by atoms with van der Waals surface area (Å²) in [6.07, 6.45) is 1.23. The van der Waals surface area contributed by atoms with Gasteiger partial charge in [0.15, 0.2) is 6.10 Å². The predicted molar refractivity (Wildman–Crippen MR) is 80.2 cm³/mol. The second kappa shape index (κ2) is 5.72. The molecule has 2 rings (SSSR count). The zero-order chi connectivity index (χ0) is 16.7. The fourth-order valence-electron chi connectivity index (χ4n) is 3.66. The van der Waals surface area contributed by atoms with Gasteiger partial charge in [-0.25, -0.2) is 9.59 Å². The van der Waals surface area contributed by atoms with Gasteiger partial charge in [0.1, 0.15) is 5.60 Å². The Morgan fingerprint density at radius 3 is 2.55 bits per heavy atom. The second-order valence-electron chi connectivity index (χ2n) is 7.40. The van der Waals surface area contributed by atoms with Crippen LogP contribution in [0.2, 0.25) is 0 Å². The molecule has 2 aliphatic rings. The summed E-state index contributed by atoms with van der Waals surface area (Å²) in [7, 11) is 1.25. The number of aliphatic hydroxyl groups is 1. The van der Waals surface area contributed by atoms with E-state index in [0.29, 0.717) is 5.92 Å². The SMILES string of the molecule is CC[C@H]1C[C@@H]2C[C@]2(C[C@H](O)C(=O)OC)N1C(=O)OC(C)(C)C. The van der Waals surface area contributed by atoms with E-state index in [1.165, 1.54) is 7.11 Å². The standard InChI is InChI=1S/C16H27NO5/c1-6-11-7-10-8-16(10,9-12(18)13(19)21-5)17(11)14(20)22-15(2,3)4/h10-12,18H,6-9H2,1-5H3/t10-,11+,12+,16-/m1/s1. The topological polar surface area (TPSA) is 76.1 Å². The Morgan fingerprint density at radius 1 is 1.41 bits per heavy atom. The highest BCUT2D eigenvalue weighted by molar-refractivity contribution is 5.75. The maximum absolute atomic E-state index is 12.6. The van der Waals surface area contributed by atoms with Crippen LogP contribution < -0.4 is 0 Å². The van der Waals surface area contributed by atoms with E-state index in [1.807, 2.05) is 27.7 Å². The molecule has 0 aromatic heterocycles. The molecule has 6 heteroatoms. The summed E-state index contributed by atoms with van der Waals surface area (Å²) in [6, 6.07) is 0.110. The lowest BCUT2D eigenvalue weighted by atomic mass is 10.1. The quantitative estimate of drug-likeness (QED) is 0.804. The number of methoxy groups -OCH3 is 1. The third kappa shape index (κ3) is 3.07. The first-order chi connectivity index (χ1) is 10.1. The van der Waals surface area contributed by atoms with Gasteiger partial charge in [0.25, 0.3) is 0 Å². The van der Waals surface area contributed by atoms with Gasteiger partial charge in [0.2, 0.25) is 0 Å². The molecule has 0 aromatic carbocycles. The minimum Gasteiger partial charge on any atom is -0.467 e. The first kappa shape index (κ1) is 17.1. The number of ether oxygens (including phenoxy) is 2. The monoisotopic (exact) mass is 313 g/mol. The predicted octanol–water partition coefficient (Wildman–Crippen LogP) is 2.09. The molecule has 0 bridgehead atoms. The van der Waals surface area contributed by atoms with E-state index in [-0.39, 0.29) is 18.6 Å². The van der Waals surface area contributed by atoms with E-state index in [4.69, 9.17) is 4.74 Å². The molecule has 22 heavy (non-hydrogen) atoms. The van der Waals surface area contributed by atoms with E-state index >= 15 is 0 Å². The average Bonchev–Trinajstić information content (AvgIpc) is 2.99. The molecule has 6 nitrogen and oxygen atoms in total. The van der Waals surface area contributed by atoms with Crippen molar-refractivity contribution in [3.63, 3.8) is 0 Å². The molecule has 2 fully saturated rings.